The Bertz CT molecular complexity index is 1780. The summed E-state index contributed by atoms with van der Waals surface area (Å²) < 4.78 is 43.0. The van der Waals surface area contributed by atoms with Crippen molar-refractivity contribution in [1.82, 2.24) is 4.98 Å². The van der Waals surface area contributed by atoms with Gasteiger partial charge >= 0.3 is 6.18 Å². The molecule has 0 fully saturated rings. The van der Waals surface area contributed by atoms with Gasteiger partial charge in [0.25, 0.3) is 0 Å². The third-order valence-corrected chi connectivity index (χ3v) is 7.27. The molecule has 0 bridgehead atoms. The van der Waals surface area contributed by atoms with Crippen LogP contribution in [0.3, 0.4) is 0 Å². The highest BCUT2D eigenvalue weighted by molar-refractivity contribution is 6.12. The Morgan fingerprint density at radius 1 is 0.818 bits per heavy atom. The van der Waals surface area contributed by atoms with Gasteiger partial charge in [0, 0.05) is 28.9 Å². The zero-order valence-electron chi connectivity index (χ0n) is 24.0. The summed E-state index contributed by atoms with van der Waals surface area (Å²) in [6.07, 6.45) is -0.630. The highest BCUT2D eigenvalue weighted by atomic mass is 19.4. The van der Waals surface area contributed by atoms with Gasteiger partial charge in [-0.2, -0.15) is 13.2 Å². The fraction of sp³-hybridized carbons (Fsp3) is 0.0811. The van der Waals surface area contributed by atoms with Crippen LogP contribution in [0, 0.1) is 0 Å². The molecule has 0 aliphatic carbocycles. The van der Waals surface area contributed by atoms with Gasteiger partial charge in [0.1, 0.15) is 17.0 Å². The lowest BCUT2D eigenvalue weighted by molar-refractivity contribution is -0.0918. The van der Waals surface area contributed by atoms with Crippen molar-refractivity contribution in [2.24, 2.45) is 10.7 Å². The van der Waals surface area contributed by atoms with Crippen LogP contribution in [0.5, 0.6) is 0 Å². The number of hydrogen-bond donors (Lipinski definition) is 2. The molecule has 0 radical (unpaired) electrons. The minimum Gasteiger partial charge on any atom is -0.507 e. The van der Waals surface area contributed by atoms with E-state index >= 15 is 0 Å². The van der Waals surface area contributed by atoms with E-state index < -0.39 is 17.4 Å². The van der Waals surface area contributed by atoms with Gasteiger partial charge < -0.3 is 10.8 Å². The molecule has 5 rings (SSSR count). The van der Waals surface area contributed by atoms with Crippen LogP contribution >= 0.6 is 0 Å². The Balaban J connectivity index is 1.80. The first-order valence-corrected chi connectivity index (χ1v) is 13.9. The number of benzene rings is 4. The second-order valence-electron chi connectivity index (χ2n) is 10.4. The third kappa shape index (κ3) is 6.03. The monoisotopic (exact) mass is 589 g/mol. The van der Waals surface area contributed by atoms with E-state index in [1.54, 1.807) is 19.1 Å². The van der Waals surface area contributed by atoms with E-state index in [2.05, 4.69) is 11.6 Å². The van der Waals surface area contributed by atoms with E-state index in [1.807, 2.05) is 91.0 Å². The minimum absolute atomic E-state index is 0.0821. The van der Waals surface area contributed by atoms with E-state index in [4.69, 9.17) is 10.7 Å². The minimum atomic E-state index is -4.84. The standard InChI is InChI=1S/C37H30F3N3O/c1-25(2)22-34(44)30-20-21-42-33-19-18-26(23-31(30)33)32(35(41)37(38,39)40)24-43-36(27-12-6-3-7-13-27,28-14-8-4-9-15-28)29-16-10-5-11-17-29/h3-24,44H,1,41H2,2H3/b34-22-,35-32?,43-24?. The Kier molecular flexibility index (Phi) is 8.49. The third-order valence-electron chi connectivity index (χ3n) is 7.27. The SMILES string of the molecule is C=C(C)/C=C(\O)c1ccnc2ccc(C(C=NC(c3ccccc3)(c3ccccc3)c3ccccc3)=C(N)C(F)(F)F)cc12. The molecular formula is C37H30F3N3O. The van der Waals surface area contributed by atoms with Crippen molar-refractivity contribution < 1.29 is 18.3 Å². The molecule has 0 unspecified atom stereocenters. The number of aliphatic imine (C=N–C) groups is 1. The highest BCUT2D eigenvalue weighted by Crippen LogP contribution is 2.41. The molecule has 44 heavy (non-hydrogen) atoms. The molecule has 0 aliphatic rings. The van der Waals surface area contributed by atoms with Crippen molar-refractivity contribution in [3.05, 3.63) is 173 Å². The molecule has 7 heteroatoms. The summed E-state index contributed by atoms with van der Waals surface area (Å²) in [6.45, 7) is 5.53. The number of nitrogens with zero attached hydrogens (tertiary/aromatic N) is 2. The van der Waals surface area contributed by atoms with Crippen LogP contribution in [-0.2, 0) is 5.54 Å². The van der Waals surface area contributed by atoms with Crippen LogP contribution in [0.15, 0.2) is 150 Å². The van der Waals surface area contributed by atoms with Crippen LogP contribution < -0.4 is 5.73 Å². The van der Waals surface area contributed by atoms with Gasteiger partial charge in [0.2, 0.25) is 0 Å². The molecule has 0 atom stereocenters. The first kappa shape index (κ1) is 30.0. The molecule has 220 valence electrons. The maximum Gasteiger partial charge on any atom is 0.431 e. The zero-order valence-corrected chi connectivity index (χ0v) is 24.0. The van der Waals surface area contributed by atoms with Gasteiger partial charge in [0.15, 0.2) is 0 Å². The van der Waals surface area contributed by atoms with Gasteiger partial charge in [0.05, 0.1) is 5.52 Å². The average Bonchev–Trinajstić information content (AvgIpc) is 3.03. The summed E-state index contributed by atoms with van der Waals surface area (Å²) in [5, 5.41) is 11.2. The topological polar surface area (TPSA) is 71.5 Å². The summed E-state index contributed by atoms with van der Waals surface area (Å²) in [5.41, 5.74) is 6.99. The number of pyridine rings is 1. The lowest BCUT2D eigenvalue weighted by Gasteiger charge is -2.32. The number of aromatic nitrogens is 1. The molecule has 0 aliphatic heterocycles. The summed E-state index contributed by atoms with van der Waals surface area (Å²) in [5.74, 6) is -0.0821. The summed E-state index contributed by atoms with van der Waals surface area (Å²) in [4.78, 5) is 9.34. The summed E-state index contributed by atoms with van der Waals surface area (Å²) in [7, 11) is 0. The second-order valence-corrected chi connectivity index (χ2v) is 10.4. The van der Waals surface area contributed by atoms with Gasteiger partial charge in [-0.1, -0.05) is 109 Å². The molecule has 5 aromatic rings. The number of nitrogens with two attached hydrogens (primary N) is 1. The molecule has 0 amide bonds. The quantitative estimate of drug-likeness (QED) is 0.0821. The maximum atomic E-state index is 14.3. The fourth-order valence-electron chi connectivity index (χ4n) is 5.22. The lowest BCUT2D eigenvalue weighted by Crippen LogP contribution is -2.28. The zero-order chi connectivity index (χ0) is 31.3. The van der Waals surface area contributed by atoms with E-state index in [-0.39, 0.29) is 16.9 Å². The Hall–Kier alpha value is -5.43. The predicted octanol–water partition coefficient (Wildman–Crippen LogP) is 9.00. The molecule has 0 saturated carbocycles. The van der Waals surface area contributed by atoms with Crippen LogP contribution in [0.4, 0.5) is 13.2 Å². The van der Waals surface area contributed by atoms with Crippen molar-refractivity contribution in [3.63, 3.8) is 0 Å². The largest absolute Gasteiger partial charge is 0.507 e. The van der Waals surface area contributed by atoms with E-state index in [0.29, 0.717) is 22.0 Å². The van der Waals surface area contributed by atoms with Crippen LogP contribution in [-0.4, -0.2) is 22.5 Å². The van der Waals surface area contributed by atoms with Crippen molar-refractivity contribution in [3.8, 4) is 0 Å². The van der Waals surface area contributed by atoms with Gasteiger partial charge in [-0.25, -0.2) is 0 Å². The number of aliphatic hydroxyl groups is 1. The summed E-state index contributed by atoms with van der Waals surface area (Å²) in [6, 6.07) is 34.5. The number of fused-ring (bicyclic) bond motifs is 1. The lowest BCUT2D eigenvalue weighted by atomic mass is 9.77. The first-order valence-electron chi connectivity index (χ1n) is 13.9. The molecule has 1 heterocycles. The molecular weight excluding hydrogens is 559 g/mol. The fourth-order valence-corrected chi connectivity index (χ4v) is 5.22. The number of halogens is 3. The van der Waals surface area contributed by atoms with E-state index in [9.17, 15) is 18.3 Å². The molecule has 3 N–H and O–H groups in total. The molecule has 4 aromatic carbocycles. The maximum absolute atomic E-state index is 14.3. The molecule has 0 saturated heterocycles. The Morgan fingerprint density at radius 2 is 1.34 bits per heavy atom. The second kappa shape index (κ2) is 12.4. The Labute approximate surface area is 254 Å². The van der Waals surface area contributed by atoms with E-state index in [0.717, 1.165) is 16.7 Å². The van der Waals surface area contributed by atoms with Crippen molar-refractivity contribution in [1.29, 1.82) is 0 Å². The average molecular weight is 590 g/mol. The van der Waals surface area contributed by atoms with Crippen molar-refractivity contribution >= 4 is 28.4 Å². The number of rotatable bonds is 8. The molecule has 1 aromatic heterocycles. The smallest absolute Gasteiger partial charge is 0.431 e. The summed E-state index contributed by atoms with van der Waals surface area (Å²) >= 11 is 0. The predicted molar refractivity (Wildman–Crippen MR) is 172 cm³/mol. The van der Waals surface area contributed by atoms with Crippen LogP contribution in [0.25, 0.3) is 22.2 Å². The molecule has 0 spiro atoms. The van der Waals surface area contributed by atoms with Gasteiger partial charge in [-0.3, -0.25) is 9.98 Å². The van der Waals surface area contributed by atoms with Crippen molar-refractivity contribution in [2.45, 2.75) is 18.6 Å². The number of allylic oxidation sites excluding steroid dienone is 4. The highest BCUT2D eigenvalue weighted by Gasteiger charge is 2.37. The van der Waals surface area contributed by atoms with E-state index in [1.165, 1.54) is 30.6 Å². The number of hydrogen-bond acceptors (Lipinski definition) is 4. The number of alkyl halides is 3. The van der Waals surface area contributed by atoms with Crippen molar-refractivity contribution in [2.75, 3.05) is 0 Å². The number of aliphatic hydroxyl groups excluding tert-OH is 1. The molecule has 4 nitrogen and oxygen atoms in total. The van der Waals surface area contributed by atoms with Crippen LogP contribution in [0.2, 0.25) is 0 Å². The first-order chi connectivity index (χ1) is 21.1. The Morgan fingerprint density at radius 3 is 1.82 bits per heavy atom. The van der Waals surface area contributed by atoms with Gasteiger partial charge in [-0.05, 0) is 53.5 Å². The van der Waals surface area contributed by atoms with Gasteiger partial charge in [-0.15, -0.1) is 0 Å². The van der Waals surface area contributed by atoms with Crippen LogP contribution in [0.1, 0.15) is 34.7 Å². The normalized spacial score (nSPS) is 13.2.